The van der Waals surface area contributed by atoms with Gasteiger partial charge in [0, 0.05) is 0 Å². The van der Waals surface area contributed by atoms with Gasteiger partial charge in [-0.05, 0) is 37.0 Å². The number of carbonyl (C=O) groups excluding carboxylic acids is 1. The van der Waals surface area contributed by atoms with Crippen molar-refractivity contribution in [1.82, 2.24) is 4.90 Å². The first-order valence-corrected chi connectivity index (χ1v) is 10.7. The Hall–Kier alpha value is -2.40. The van der Waals surface area contributed by atoms with Crippen LogP contribution in [0.25, 0.3) is 0 Å². The maximum atomic E-state index is 13.0. The predicted octanol–water partition coefficient (Wildman–Crippen LogP) is 5.33. The number of benzene rings is 2. The summed E-state index contributed by atoms with van der Waals surface area (Å²) < 4.78 is 0. The zero-order valence-corrected chi connectivity index (χ0v) is 17.6. The molecule has 1 saturated heterocycles. The Morgan fingerprint density at radius 3 is 2.57 bits per heavy atom. The third-order valence-electron chi connectivity index (χ3n) is 4.86. The zero-order valence-electron chi connectivity index (χ0n) is 16.8. The summed E-state index contributed by atoms with van der Waals surface area (Å²) in [6.45, 7) is 6.82. The van der Waals surface area contributed by atoms with E-state index in [4.69, 9.17) is 0 Å². The van der Waals surface area contributed by atoms with E-state index in [2.05, 4.69) is 43.1 Å². The molecule has 1 aliphatic rings. The lowest BCUT2D eigenvalue weighted by atomic mass is 10.1. The van der Waals surface area contributed by atoms with Crippen molar-refractivity contribution in [2.45, 2.75) is 51.8 Å². The SMILES string of the molecule is CCCCC1S/C(=N\N=C\c2ccc(C)cc2)N(Cc2ccccc2C)C1=O. The number of hydrogen-bond donors (Lipinski definition) is 0. The van der Waals surface area contributed by atoms with Crippen molar-refractivity contribution in [1.29, 1.82) is 0 Å². The molecule has 146 valence electrons. The summed E-state index contributed by atoms with van der Waals surface area (Å²) in [7, 11) is 0. The molecule has 0 saturated carbocycles. The summed E-state index contributed by atoms with van der Waals surface area (Å²) in [4.78, 5) is 14.8. The Bertz CT molecular complexity index is 874. The molecule has 0 aromatic heterocycles. The van der Waals surface area contributed by atoms with Crippen LogP contribution < -0.4 is 0 Å². The number of unbranched alkanes of at least 4 members (excludes halogenated alkanes) is 1. The van der Waals surface area contributed by atoms with Crippen LogP contribution in [0.15, 0.2) is 58.7 Å². The molecule has 1 atom stereocenters. The molecule has 1 fully saturated rings. The first kappa shape index (κ1) is 20.3. The molecule has 28 heavy (non-hydrogen) atoms. The predicted molar refractivity (Wildman–Crippen MR) is 119 cm³/mol. The first-order valence-electron chi connectivity index (χ1n) is 9.78. The van der Waals surface area contributed by atoms with Gasteiger partial charge in [0.1, 0.15) is 0 Å². The third-order valence-corrected chi connectivity index (χ3v) is 6.09. The monoisotopic (exact) mass is 393 g/mol. The average molecular weight is 394 g/mol. The molecule has 1 heterocycles. The van der Waals surface area contributed by atoms with Crippen LogP contribution in [0.2, 0.25) is 0 Å². The maximum absolute atomic E-state index is 13.0. The fourth-order valence-corrected chi connectivity index (χ4v) is 4.20. The summed E-state index contributed by atoms with van der Waals surface area (Å²) >= 11 is 1.54. The first-order chi connectivity index (χ1) is 13.6. The molecule has 0 bridgehead atoms. The van der Waals surface area contributed by atoms with Gasteiger partial charge in [0.2, 0.25) is 5.91 Å². The summed E-state index contributed by atoms with van der Waals surface area (Å²) in [6.07, 6.45) is 4.75. The Balaban J connectivity index is 1.81. The van der Waals surface area contributed by atoms with Gasteiger partial charge in [-0.2, -0.15) is 5.10 Å². The second-order valence-corrected chi connectivity index (χ2v) is 8.31. The van der Waals surface area contributed by atoms with Gasteiger partial charge in [0.25, 0.3) is 0 Å². The highest BCUT2D eigenvalue weighted by atomic mass is 32.2. The third kappa shape index (κ3) is 5.10. The smallest absolute Gasteiger partial charge is 0.242 e. The minimum Gasteiger partial charge on any atom is -0.284 e. The highest BCUT2D eigenvalue weighted by Gasteiger charge is 2.37. The topological polar surface area (TPSA) is 45.0 Å². The minimum absolute atomic E-state index is 0.0581. The molecular weight excluding hydrogens is 366 g/mol. The Labute approximate surface area is 171 Å². The molecule has 1 aliphatic heterocycles. The molecule has 0 radical (unpaired) electrons. The molecule has 2 aromatic carbocycles. The van der Waals surface area contributed by atoms with Crippen molar-refractivity contribution < 1.29 is 4.79 Å². The van der Waals surface area contributed by atoms with Gasteiger partial charge in [-0.25, -0.2) is 0 Å². The number of rotatable bonds is 7. The number of hydrogen-bond acceptors (Lipinski definition) is 4. The van der Waals surface area contributed by atoms with E-state index in [1.165, 1.54) is 11.1 Å². The van der Waals surface area contributed by atoms with Gasteiger partial charge in [-0.15, -0.1) is 5.10 Å². The molecule has 1 amide bonds. The number of amides is 1. The van der Waals surface area contributed by atoms with Crippen molar-refractivity contribution in [3.63, 3.8) is 0 Å². The average Bonchev–Trinajstić information content (AvgIpc) is 2.98. The van der Waals surface area contributed by atoms with Crippen molar-refractivity contribution in [3.05, 3.63) is 70.8 Å². The van der Waals surface area contributed by atoms with Gasteiger partial charge in [-0.1, -0.05) is 85.6 Å². The fourth-order valence-electron chi connectivity index (χ4n) is 3.06. The molecule has 3 rings (SSSR count). The van der Waals surface area contributed by atoms with E-state index < -0.39 is 0 Å². The molecule has 0 N–H and O–H groups in total. The van der Waals surface area contributed by atoms with Crippen LogP contribution in [0.4, 0.5) is 0 Å². The van der Waals surface area contributed by atoms with Crippen LogP contribution in [0, 0.1) is 13.8 Å². The molecule has 5 heteroatoms. The van der Waals surface area contributed by atoms with E-state index in [0.717, 1.165) is 30.4 Å². The number of amidine groups is 1. The van der Waals surface area contributed by atoms with E-state index in [0.29, 0.717) is 11.7 Å². The lowest BCUT2D eigenvalue weighted by Gasteiger charge is -2.17. The molecule has 0 aliphatic carbocycles. The van der Waals surface area contributed by atoms with Crippen molar-refractivity contribution in [2.75, 3.05) is 0 Å². The number of aryl methyl sites for hydroxylation is 2. The number of nitrogens with zero attached hydrogens (tertiary/aromatic N) is 3. The van der Waals surface area contributed by atoms with Crippen LogP contribution >= 0.6 is 11.8 Å². The number of carbonyl (C=O) groups is 1. The van der Waals surface area contributed by atoms with E-state index in [1.54, 1.807) is 22.9 Å². The lowest BCUT2D eigenvalue weighted by molar-refractivity contribution is -0.126. The summed E-state index contributed by atoms with van der Waals surface area (Å²) in [5.74, 6) is 0.144. The normalized spacial score (nSPS) is 18.5. The lowest BCUT2D eigenvalue weighted by Crippen LogP contribution is -2.31. The van der Waals surface area contributed by atoms with Crippen LogP contribution in [-0.4, -0.2) is 27.4 Å². The fraction of sp³-hybridized carbons (Fsp3) is 0.348. The summed E-state index contributed by atoms with van der Waals surface area (Å²) in [6, 6.07) is 16.3. The summed E-state index contributed by atoms with van der Waals surface area (Å²) in [5.41, 5.74) is 4.53. The Kier molecular flexibility index (Phi) is 7.04. The second kappa shape index (κ2) is 9.69. The van der Waals surface area contributed by atoms with Crippen LogP contribution in [0.5, 0.6) is 0 Å². The van der Waals surface area contributed by atoms with Crippen molar-refractivity contribution in [3.8, 4) is 0 Å². The van der Waals surface area contributed by atoms with Crippen molar-refractivity contribution in [2.24, 2.45) is 10.2 Å². The van der Waals surface area contributed by atoms with Gasteiger partial charge < -0.3 is 0 Å². The highest BCUT2D eigenvalue weighted by Crippen LogP contribution is 2.32. The molecule has 1 unspecified atom stereocenters. The Morgan fingerprint density at radius 2 is 1.86 bits per heavy atom. The van der Waals surface area contributed by atoms with E-state index in [1.807, 2.05) is 36.4 Å². The summed E-state index contributed by atoms with van der Waals surface area (Å²) in [5, 5.41) is 9.31. The van der Waals surface area contributed by atoms with Gasteiger partial charge in [0.05, 0.1) is 18.0 Å². The van der Waals surface area contributed by atoms with Gasteiger partial charge in [0.15, 0.2) is 5.17 Å². The quantitative estimate of drug-likeness (QED) is 0.471. The highest BCUT2D eigenvalue weighted by molar-refractivity contribution is 8.15. The van der Waals surface area contributed by atoms with Gasteiger partial charge >= 0.3 is 0 Å². The van der Waals surface area contributed by atoms with E-state index in [-0.39, 0.29) is 11.2 Å². The molecular formula is C23H27N3OS. The van der Waals surface area contributed by atoms with E-state index in [9.17, 15) is 4.79 Å². The zero-order chi connectivity index (χ0) is 19.9. The van der Waals surface area contributed by atoms with Crippen LogP contribution in [0.1, 0.15) is 48.4 Å². The minimum atomic E-state index is -0.0581. The maximum Gasteiger partial charge on any atom is 0.242 e. The van der Waals surface area contributed by atoms with Gasteiger partial charge in [-0.3, -0.25) is 9.69 Å². The molecule has 0 spiro atoms. The second-order valence-electron chi connectivity index (χ2n) is 7.14. The van der Waals surface area contributed by atoms with Crippen molar-refractivity contribution >= 4 is 29.1 Å². The van der Waals surface area contributed by atoms with Crippen LogP contribution in [-0.2, 0) is 11.3 Å². The standard InChI is InChI=1S/C23H27N3OS/c1-4-5-10-21-22(27)26(16-20-9-7-6-8-18(20)3)23(28-21)25-24-15-19-13-11-17(2)12-14-19/h6-9,11-15,21H,4-5,10,16H2,1-3H3/b24-15+,25-23-. The molecule has 4 nitrogen and oxygen atoms in total. The Morgan fingerprint density at radius 1 is 1.11 bits per heavy atom. The number of thioether (sulfide) groups is 1. The van der Waals surface area contributed by atoms with E-state index >= 15 is 0 Å². The molecule has 2 aromatic rings. The van der Waals surface area contributed by atoms with Crippen LogP contribution in [0.3, 0.4) is 0 Å². The largest absolute Gasteiger partial charge is 0.284 e.